The van der Waals surface area contributed by atoms with Crippen molar-refractivity contribution in [2.45, 2.75) is 6.54 Å². The fraction of sp³-hybridized carbons (Fsp3) is 0.0500. The molecule has 0 amide bonds. The zero-order valence-electron chi connectivity index (χ0n) is 13.9. The van der Waals surface area contributed by atoms with Gasteiger partial charge in [0.2, 0.25) is 0 Å². The molecular weight excluding hydrogens is 329 g/mol. The quantitative estimate of drug-likeness (QED) is 0.566. The lowest BCUT2D eigenvalue weighted by molar-refractivity contribution is 0.628. The van der Waals surface area contributed by atoms with Crippen LogP contribution in [0.2, 0.25) is 0 Å². The summed E-state index contributed by atoms with van der Waals surface area (Å²) >= 11 is 0. The normalized spacial score (nSPS) is 10.7. The smallest absolute Gasteiger partial charge is 0.149 e. The zero-order chi connectivity index (χ0) is 17.8. The van der Waals surface area contributed by atoms with E-state index in [1.807, 2.05) is 48.7 Å². The lowest BCUT2D eigenvalue weighted by atomic mass is 10.1. The summed E-state index contributed by atoms with van der Waals surface area (Å²) in [6.45, 7) is 0.511. The van der Waals surface area contributed by atoms with Crippen LogP contribution in [0.25, 0.3) is 22.5 Å². The standard InChI is InChI=1S/C20H16FN5/c21-16-8-6-15(7-9-16)17-10-11-19(26-25-17)23-13-20-22-12-18(24-20)14-4-2-1-3-5-14/h1-12H,13H2,(H,22,24)(H,23,26). The lowest BCUT2D eigenvalue weighted by Gasteiger charge is -2.04. The number of halogens is 1. The second kappa shape index (κ2) is 7.14. The van der Waals surface area contributed by atoms with E-state index < -0.39 is 0 Å². The summed E-state index contributed by atoms with van der Waals surface area (Å²) in [6, 6.07) is 19.9. The van der Waals surface area contributed by atoms with Gasteiger partial charge in [0.05, 0.1) is 24.1 Å². The first-order valence-corrected chi connectivity index (χ1v) is 8.21. The molecule has 0 bridgehead atoms. The Morgan fingerprint density at radius 3 is 2.38 bits per heavy atom. The zero-order valence-corrected chi connectivity index (χ0v) is 13.9. The number of hydrogen-bond acceptors (Lipinski definition) is 4. The Morgan fingerprint density at radius 1 is 0.846 bits per heavy atom. The minimum absolute atomic E-state index is 0.270. The molecule has 4 rings (SSSR count). The van der Waals surface area contributed by atoms with Crippen molar-refractivity contribution >= 4 is 5.82 Å². The number of benzene rings is 2. The van der Waals surface area contributed by atoms with Crippen molar-refractivity contribution in [3.63, 3.8) is 0 Å². The fourth-order valence-corrected chi connectivity index (χ4v) is 2.59. The van der Waals surface area contributed by atoms with Crippen LogP contribution in [-0.2, 0) is 6.54 Å². The number of rotatable bonds is 5. The third kappa shape index (κ3) is 3.59. The minimum atomic E-state index is -0.270. The molecule has 0 aliphatic carbocycles. The molecule has 0 aliphatic rings. The molecule has 2 aromatic carbocycles. The van der Waals surface area contributed by atoms with Gasteiger partial charge >= 0.3 is 0 Å². The van der Waals surface area contributed by atoms with Gasteiger partial charge in [-0.1, -0.05) is 30.3 Å². The molecular formula is C20H16FN5. The Labute approximate surface area is 150 Å². The molecule has 0 spiro atoms. The molecule has 0 saturated heterocycles. The van der Waals surface area contributed by atoms with Crippen LogP contribution < -0.4 is 5.32 Å². The molecule has 0 saturated carbocycles. The Morgan fingerprint density at radius 2 is 1.65 bits per heavy atom. The van der Waals surface area contributed by atoms with E-state index in [0.717, 1.165) is 22.6 Å². The van der Waals surface area contributed by atoms with Crippen LogP contribution in [0.15, 0.2) is 72.9 Å². The summed E-state index contributed by atoms with van der Waals surface area (Å²) in [5.41, 5.74) is 3.58. The Kier molecular flexibility index (Phi) is 4.38. The molecule has 0 aliphatic heterocycles. The van der Waals surface area contributed by atoms with E-state index in [2.05, 4.69) is 25.5 Å². The number of hydrogen-bond donors (Lipinski definition) is 2. The monoisotopic (exact) mass is 345 g/mol. The van der Waals surface area contributed by atoms with Gasteiger partial charge in [0.15, 0.2) is 0 Å². The van der Waals surface area contributed by atoms with Crippen LogP contribution in [0.4, 0.5) is 10.2 Å². The summed E-state index contributed by atoms with van der Waals surface area (Å²) in [6.07, 6.45) is 1.82. The first-order chi connectivity index (χ1) is 12.8. The Bertz CT molecular complexity index is 979. The summed E-state index contributed by atoms with van der Waals surface area (Å²) in [5, 5.41) is 11.5. The van der Waals surface area contributed by atoms with Crippen LogP contribution in [0.3, 0.4) is 0 Å². The van der Waals surface area contributed by atoms with Gasteiger partial charge in [-0.2, -0.15) is 0 Å². The number of aromatic amines is 1. The van der Waals surface area contributed by atoms with Crippen LogP contribution in [-0.4, -0.2) is 20.2 Å². The molecule has 2 heterocycles. The molecule has 5 nitrogen and oxygen atoms in total. The molecule has 2 aromatic heterocycles. The highest BCUT2D eigenvalue weighted by atomic mass is 19.1. The molecule has 2 N–H and O–H groups in total. The van der Waals surface area contributed by atoms with E-state index in [9.17, 15) is 4.39 Å². The van der Waals surface area contributed by atoms with E-state index >= 15 is 0 Å². The average molecular weight is 345 g/mol. The lowest BCUT2D eigenvalue weighted by Crippen LogP contribution is -2.04. The number of nitrogens with one attached hydrogen (secondary N) is 2. The molecule has 4 aromatic rings. The fourth-order valence-electron chi connectivity index (χ4n) is 2.59. The van der Waals surface area contributed by atoms with Crippen LogP contribution in [0.5, 0.6) is 0 Å². The number of nitrogens with zero attached hydrogens (tertiary/aromatic N) is 3. The van der Waals surface area contributed by atoms with Crippen molar-refractivity contribution in [1.29, 1.82) is 0 Å². The first-order valence-electron chi connectivity index (χ1n) is 8.21. The van der Waals surface area contributed by atoms with Crippen molar-refractivity contribution < 1.29 is 4.39 Å². The molecule has 0 unspecified atom stereocenters. The maximum atomic E-state index is 13.0. The molecule has 26 heavy (non-hydrogen) atoms. The Balaban J connectivity index is 1.41. The van der Waals surface area contributed by atoms with Crippen molar-refractivity contribution in [3.8, 4) is 22.5 Å². The van der Waals surface area contributed by atoms with Gasteiger partial charge in [0.1, 0.15) is 17.5 Å². The van der Waals surface area contributed by atoms with E-state index in [-0.39, 0.29) is 5.82 Å². The third-order valence-corrected chi connectivity index (χ3v) is 3.95. The van der Waals surface area contributed by atoms with Crippen LogP contribution in [0, 0.1) is 5.82 Å². The predicted molar refractivity (Wildman–Crippen MR) is 98.8 cm³/mol. The van der Waals surface area contributed by atoms with E-state index in [0.29, 0.717) is 18.1 Å². The van der Waals surface area contributed by atoms with Gasteiger partial charge in [0, 0.05) is 5.56 Å². The van der Waals surface area contributed by atoms with E-state index in [1.165, 1.54) is 12.1 Å². The highest BCUT2D eigenvalue weighted by Crippen LogP contribution is 2.18. The largest absolute Gasteiger partial charge is 0.361 e. The van der Waals surface area contributed by atoms with Crippen molar-refractivity contribution in [1.82, 2.24) is 20.2 Å². The molecule has 6 heteroatoms. The van der Waals surface area contributed by atoms with Gasteiger partial charge in [-0.25, -0.2) is 9.37 Å². The maximum absolute atomic E-state index is 13.0. The number of imidazole rings is 1. The summed E-state index contributed by atoms with van der Waals surface area (Å²) in [7, 11) is 0. The molecule has 0 fully saturated rings. The number of anilines is 1. The van der Waals surface area contributed by atoms with Crippen LogP contribution in [0.1, 0.15) is 5.82 Å². The summed E-state index contributed by atoms with van der Waals surface area (Å²) in [4.78, 5) is 7.66. The Hall–Kier alpha value is -3.54. The maximum Gasteiger partial charge on any atom is 0.149 e. The third-order valence-electron chi connectivity index (χ3n) is 3.95. The van der Waals surface area contributed by atoms with E-state index in [1.54, 1.807) is 12.1 Å². The first kappa shape index (κ1) is 16.0. The van der Waals surface area contributed by atoms with Gasteiger partial charge in [-0.15, -0.1) is 10.2 Å². The SMILES string of the molecule is Fc1ccc(-c2ccc(NCc3ncc(-c4ccccc4)[nH]3)nn2)cc1. The second-order valence-corrected chi connectivity index (χ2v) is 5.77. The van der Waals surface area contributed by atoms with Crippen molar-refractivity contribution in [3.05, 3.63) is 84.6 Å². The molecule has 0 atom stereocenters. The van der Waals surface area contributed by atoms with Gasteiger partial charge < -0.3 is 10.3 Å². The van der Waals surface area contributed by atoms with Crippen LogP contribution >= 0.6 is 0 Å². The minimum Gasteiger partial charge on any atom is -0.361 e. The summed E-state index contributed by atoms with van der Waals surface area (Å²) < 4.78 is 13.0. The highest BCUT2D eigenvalue weighted by Gasteiger charge is 2.05. The molecule has 128 valence electrons. The second-order valence-electron chi connectivity index (χ2n) is 5.77. The number of aromatic nitrogens is 4. The predicted octanol–water partition coefficient (Wildman–Crippen LogP) is 4.28. The van der Waals surface area contributed by atoms with Gasteiger partial charge in [-0.05, 0) is 42.0 Å². The average Bonchev–Trinajstić information content (AvgIpc) is 3.17. The van der Waals surface area contributed by atoms with E-state index in [4.69, 9.17) is 0 Å². The molecule has 0 radical (unpaired) electrons. The van der Waals surface area contributed by atoms with Crippen molar-refractivity contribution in [2.24, 2.45) is 0 Å². The number of H-pyrrole nitrogens is 1. The van der Waals surface area contributed by atoms with Gasteiger partial charge in [0.25, 0.3) is 0 Å². The topological polar surface area (TPSA) is 66.5 Å². The summed E-state index contributed by atoms with van der Waals surface area (Å²) in [5.74, 6) is 1.19. The van der Waals surface area contributed by atoms with Gasteiger partial charge in [-0.3, -0.25) is 0 Å². The highest BCUT2D eigenvalue weighted by molar-refractivity contribution is 5.60. The van der Waals surface area contributed by atoms with Crippen molar-refractivity contribution in [2.75, 3.05) is 5.32 Å².